The normalized spacial score (nSPS) is 10.7. The topological polar surface area (TPSA) is 29.5 Å². The van der Waals surface area contributed by atoms with Crippen molar-refractivity contribution in [3.05, 3.63) is 65.2 Å². The largest absolute Gasteiger partial charge is 0.489 e. The summed E-state index contributed by atoms with van der Waals surface area (Å²) in [6.07, 6.45) is 0. The molecule has 0 aromatic heterocycles. The number of hydrogen-bond acceptors (Lipinski definition) is 2. The van der Waals surface area contributed by atoms with Crippen LogP contribution in [0.1, 0.15) is 36.5 Å². The molecule has 0 aliphatic rings. The molecule has 0 amide bonds. The van der Waals surface area contributed by atoms with E-state index in [1.165, 1.54) is 5.56 Å². The average molecular weight is 256 g/mol. The first-order valence-electron chi connectivity index (χ1n) is 6.60. The lowest BCUT2D eigenvalue weighted by atomic mass is 10.0. The van der Waals surface area contributed by atoms with E-state index in [0.29, 0.717) is 12.5 Å². The fourth-order valence-corrected chi connectivity index (χ4v) is 1.86. The molecule has 2 rings (SSSR count). The molecule has 0 bridgehead atoms. The monoisotopic (exact) mass is 256 g/mol. The van der Waals surface area contributed by atoms with E-state index in [1.54, 1.807) is 0 Å². The number of aliphatic hydroxyl groups is 1. The molecule has 1 N–H and O–H groups in total. The Bertz CT molecular complexity index is 498. The van der Waals surface area contributed by atoms with Crippen molar-refractivity contribution in [3.63, 3.8) is 0 Å². The van der Waals surface area contributed by atoms with Gasteiger partial charge in [-0.1, -0.05) is 50.2 Å². The van der Waals surface area contributed by atoms with Gasteiger partial charge < -0.3 is 9.84 Å². The molecular weight excluding hydrogens is 236 g/mol. The Morgan fingerprint density at radius 2 is 1.47 bits per heavy atom. The molecule has 0 saturated heterocycles. The summed E-state index contributed by atoms with van der Waals surface area (Å²) in [4.78, 5) is 0. The Kier molecular flexibility index (Phi) is 4.58. The highest BCUT2D eigenvalue weighted by Crippen LogP contribution is 2.19. The number of rotatable bonds is 5. The molecule has 2 heteroatoms. The van der Waals surface area contributed by atoms with Crippen molar-refractivity contribution < 1.29 is 9.84 Å². The second-order valence-corrected chi connectivity index (χ2v) is 4.99. The fraction of sp³-hybridized carbons (Fsp3) is 0.294. The van der Waals surface area contributed by atoms with Gasteiger partial charge in [-0.05, 0) is 34.7 Å². The Morgan fingerprint density at radius 1 is 0.895 bits per heavy atom. The molecule has 0 saturated carbocycles. The number of ether oxygens (including phenoxy) is 1. The highest BCUT2D eigenvalue weighted by molar-refractivity contribution is 5.29. The van der Waals surface area contributed by atoms with Gasteiger partial charge in [0.25, 0.3) is 0 Å². The maximum atomic E-state index is 8.98. The van der Waals surface area contributed by atoms with E-state index in [-0.39, 0.29) is 6.61 Å². The van der Waals surface area contributed by atoms with Crippen LogP contribution in [-0.2, 0) is 13.2 Å². The molecule has 0 heterocycles. The number of hydrogen-bond donors (Lipinski definition) is 1. The van der Waals surface area contributed by atoms with E-state index in [2.05, 4.69) is 26.0 Å². The summed E-state index contributed by atoms with van der Waals surface area (Å²) in [5, 5.41) is 8.98. The zero-order chi connectivity index (χ0) is 13.7. The molecule has 100 valence electrons. The van der Waals surface area contributed by atoms with Crippen LogP contribution in [-0.4, -0.2) is 5.11 Å². The maximum Gasteiger partial charge on any atom is 0.119 e. The first-order chi connectivity index (χ1) is 9.19. The number of benzene rings is 2. The highest BCUT2D eigenvalue weighted by atomic mass is 16.5. The van der Waals surface area contributed by atoms with Gasteiger partial charge in [-0.25, -0.2) is 0 Å². The van der Waals surface area contributed by atoms with Crippen LogP contribution in [0.25, 0.3) is 0 Å². The minimum absolute atomic E-state index is 0.0812. The smallest absolute Gasteiger partial charge is 0.119 e. The van der Waals surface area contributed by atoms with Gasteiger partial charge in [-0.15, -0.1) is 0 Å². The third kappa shape index (κ3) is 3.83. The van der Waals surface area contributed by atoms with Crippen LogP contribution >= 0.6 is 0 Å². The van der Waals surface area contributed by atoms with E-state index in [4.69, 9.17) is 9.84 Å². The molecule has 2 nitrogen and oxygen atoms in total. The molecule has 0 radical (unpaired) electrons. The first kappa shape index (κ1) is 13.6. The lowest BCUT2D eigenvalue weighted by molar-refractivity contribution is 0.281. The van der Waals surface area contributed by atoms with Crippen molar-refractivity contribution in [2.45, 2.75) is 33.0 Å². The van der Waals surface area contributed by atoms with Crippen LogP contribution < -0.4 is 4.74 Å². The van der Waals surface area contributed by atoms with Crippen molar-refractivity contribution >= 4 is 0 Å². The summed E-state index contributed by atoms with van der Waals surface area (Å²) in [7, 11) is 0. The van der Waals surface area contributed by atoms with E-state index >= 15 is 0 Å². The molecule has 0 unspecified atom stereocenters. The van der Waals surface area contributed by atoms with Crippen molar-refractivity contribution in [2.24, 2.45) is 0 Å². The van der Waals surface area contributed by atoms with E-state index in [9.17, 15) is 0 Å². The van der Waals surface area contributed by atoms with Crippen LogP contribution in [0.5, 0.6) is 5.75 Å². The third-order valence-corrected chi connectivity index (χ3v) is 3.16. The lowest BCUT2D eigenvalue weighted by Gasteiger charge is -2.09. The van der Waals surface area contributed by atoms with Crippen molar-refractivity contribution in [1.82, 2.24) is 0 Å². The molecule has 0 fully saturated rings. The van der Waals surface area contributed by atoms with Gasteiger partial charge in [-0.3, -0.25) is 0 Å². The Labute approximate surface area is 114 Å². The van der Waals surface area contributed by atoms with Crippen LogP contribution in [0.3, 0.4) is 0 Å². The van der Waals surface area contributed by atoms with Gasteiger partial charge in [0.1, 0.15) is 12.4 Å². The van der Waals surface area contributed by atoms with E-state index in [0.717, 1.165) is 16.9 Å². The summed E-state index contributed by atoms with van der Waals surface area (Å²) in [6, 6.07) is 16.0. The molecule has 19 heavy (non-hydrogen) atoms. The lowest BCUT2D eigenvalue weighted by Crippen LogP contribution is -1.96. The SMILES string of the molecule is CC(C)c1ccc(OCc2ccc(CO)cc2)cc1. The predicted octanol–water partition coefficient (Wildman–Crippen LogP) is 3.88. The molecule has 0 aliphatic heterocycles. The Hall–Kier alpha value is -1.80. The summed E-state index contributed by atoms with van der Waals surface area (Å²) < 4.78 is 5.74. The minimum atomic E-state index is 0.0812. The second kappa shape index (κ2) is 6.39. The summed E-state index contributed by atoms with van der Waals surface area (Å²) in [5.74, 6) is 1.43. The molecule has 0 spiro atoms. The highest BCUT2D eigenvalue weighted by Gasteiger charge is 2.00. The van der Waals surface area contributed by atoms with E-state index < -0.39 is 0 Å². The van der Waals surface area contributed by atoms with Crippen molar-refractivity contribution in [2.75, 3.05) is 0 Å². The van der Waals surface area contributed by atoms with Crippen LogP contribution in [0.15, 0.2) is 48.5 Å². The summed E-state index contributed by atoms with van der Waals surface area (Å²) >= 11 is 0. The van der Waals surface area contributed by atoms with Gasteiger partial charge >= 0.3 is 0 Å². The molecule has 0 aliphatic carbocycles. The fourth-order valence-electron chi connectivity index (χ4n) is 1.86. The van der Waals surface area contributed by atoms with Gasteiger partial charge in [0, 0.05) is 0 Å². The Morgan fingerprint density at radius 3 is 2.00 bits per heavy atom. The molecular formula is C17H20O2. The Balaban J connectivity index is 1.94. The zero-order valence-electron chi connectivity index (χ0n) is 11.5. The quantitative estimate of drug-likeness (QED) is 0.879. The minimum Gasteiger partial charge on any atom is -0.489 e. The van der Waals surface area contributed by atoms with Gasteiger partial charge in [0.15, 0.2) is 0 Å². The van der Waals surface area contributed by atoms with Crippen LogP contribution in [0.2, 0.25) is 0 Å². The zero-order valence-corrected chi connectivity index (χ0v) is 11.5. The maximum absolute atomic E-state index is 8.98. The average Bonchev–Trinajstić information content (AvgIpc) is 2.46. The third-order valence-electron chi connectivity index (χ3n) is 3.16. The van der Waals surface area contributed by atoms with Gasteiger partial charge in [0.05, 0.1) is 6.61 Å². The summed E-state index contributed by atoms with van der Waals surface area (Å²) in [5.41, 5.74) is 3.34. The summed E-state index contributed by atoms with van der Waals surface area (Å²) in [6.45, 7) is 4.99. The van der Waals surface area contributed by atoms with E-state index in [1.807, 2.05) is 36.4 Å². The van der Waals surface area contributed by atoms with Crippen molar-refractivity contribution in [1.29, 1.82) is 0 Å². The van der Waals surface area contributed by atoms with Crippen LogP contribution in [0, 0.1) is 0 Å². The molecule has 0 atom stereocenters. The predicted molar refractivity (Wildman–Crippen MR) is 77.2 cm³/mol. The first-order valence-corrected chi connectivity index (χ1v) is 6.60. The van der Waals surface area contributed by atoms with Crippen molar-refractivity contribution in [3.8, 4) is 5.75 Å². The van der Waals surface area contributed by atoms with Gasteiger partial charge in [-0.2, -0.15) is 0 Å². The van der Waals surface area contributed by atoms with Gasteiger partial charge in [0.2, 0.25) is 0 Å². The molecule has 2 aromatic rings. The number of aliphatic hydroxyl groups excluding tert-OH is 1. The second-order valence-electron chi connectivity index (χ2n) is 4.99. The molecule has 2 aromatic carbocycles. The standard InChI is InChI=1S/C17H20O2/c1-13(2)16-7-9-17(10-8-16)19-12-15-5-3-14(11-18)4-6-15/h3-10,13,18H,11-12H2,1-2H3. The van der Waals surface area contributed by atoms with Crippen LogP contribution in [0.4, 0.5) is 0 Å².